The molecule has 2 unspecified atom stereocenters. The van der Waals surface area contributed by atoms with E-state index in [1.54, 1.807) is 0 Å². The highest BCUT2D eigenvalue weighted by molar-refractivity contribution is 5.62. The first kappa shape index (κ1) is 10.4. The summed E-state index contributed by atoms with van der Waals surface area (Å²) in [4.78, 5) is 10.9. The van der Waals surface area contributed by atoms with E-state index in [-0.39, 0.29) is 0 Å². The van der Waals surface area contributed by atoms with E-state index >= 15 is 0 Å². The molecule has 0 aromatic carbocycles. The van der Waals surface area contributed by atoms with Crippen LogP contribution in [0.4, 0.5) is 0 Å². The topological polar surface area (TPSA) is 39.4 Å². The molecule has 2 heterocycles. The molecular weight excluding hydrogens is 192 g/mol. The van der Waals surface area contributed by atoms with Gasteiger partial charge in [-0.3, -0.25) is 0 Å². The van der Waals surface area contributed by atoms with Gasteiger partial charge in [0.2, 0.25) is 0 Å². The number of rotatable bonds is 2. The maximum Gasteiger partial charge on any atom is 0.151 e. The van der Waals surface area contributed by atoms with Crippen LogP contribution in [0.3, 0.4) is 0 Å². The predicted molar refractivity (Wildman–Crippen MR) is 55.6 cm³/mol. The van der Waals surface area contributed by atoms with Crippen molar-refractivity contribution in [2.24, 2.45) is 0 Å². The van der Waals surface area contributed by atoms with E-state index < -0.39 is 11.2 Å². The fraction of sp³-hybridized carbons (Fsp3) is 0.583. The third-order valence-corrected chi connectivity index (χ3v) is 3.07. The summed E-state index contributed by atoms with van der Waals surface area (Å²) in [7, 11) is 0. The zero-order valence-corrected chi connectivity index (χ0v) is 9.37. The van der Waals surface area contributed by atoms with Crippen LogP contribution in [-0.2, 0) is 15.1 Å². The monoisotopic (exact) mass is 208 g/mol. The van der Waals surface area contributed by atoms with Crippen LogP contribution < -0.4 is 0 Å². The number of ether oxygens (including phenoxy) is 1. The normalized spacial score (nSPS) is 35.7. The molecule has 15 heavy (non-hydrogen) atoms. The summed E-state index contributed by atoms with van der Waals surface area (Å²) in [5.41, 5.74) is -1.11. The average Bonchev–Trinajstić information content (AvgIpc) is 2.74. The summed E-state index contributed by atoms with van der Waals surface area (Å²) in [5.74, 6) is 1.68. The van der Waals surface area contributed by atoms with Crippen molar-refractivity contribution in [2.45, 2.75) is 44.8 Å². The maximum atomic E-state index is 10.9. The third kappa shape index (κ3) is 1.72. The maximum absolute atomic E-state index is 10.9. The molecule has 1 aromatic rings. The van der Waals surface area contributed by atoms with E-state index in [4.69, 9.17) is 9.15 Å². The molecule has 1 aliphatic rings. The van der Waals surface area contributed by atoms with Gasteiger partial charge in [0.05, 0.1) is 0 Å². The lowest BCUT2D eigenvalue weighted by Crippen LogP contribution is -2.30. The molecule has 1 fully saturated rings. The van der Waals surface area contributed by atoms with Crippen molar-refractivity contribution in [1.29, 1.82) is 0 Å². The molecule has 0 spiro atoms. The molecule has 2 atom stereocenters. The highest BCUT2D eigenvalue weighted by Crippen LogP contribution is 2.43. The number of hydrogen-bond donors (Lipinski definition) is 0. The Morgan fingerprint density at radius 3 is 2.53 bits per heavy atom. The van der Waals surface area contributed by atoms with Crippen molar-refractivity contribution in [1.82, 2.24) is 0 Å². The largest absolute Gasteiger partial charge is 0.463 e. The first-order chi connectivity index (χ1) is 6.97. The number of aryl methyl sites for hydroxylation is 1. The van der Waals surface area contributed by atoms with E-state index in [9.17, 15) is 4.79 Å². The molecule has 1 aromatic heterocycles. The van der Waals surface area contributed by atoms with Gasteiger partial charge in [-0.05, 0) is 45.7 Å². The molecule has 2 rings (SSSR count). The highest BCUT2D eigenvalue weighted by atomic mass is 16.5. The van der Waals surface area contributed by atoms with E-state index in [0.717, 1.165) is 30.6 Å². The lowest BCUT2D eigenvalue weighted by Gasteiger charge is -2.25. The summed E-state index contributed by atoms with van der Waals surface area (Å²) in [6.07, 6.45) is 2.44. The number of hydrogen-bond acceptors (Lipinski definition) is 3. The Morgan fingerprint density at radius 2 is 2.07 bits per heavy atom. The Labute approximate surface area is 89.4 Å². The third-order valence-electron chi connectivity index (χ3n) is 3.07. The molecule has 3 heteroatoms. The van der Waals surface area contributed by atoms with Crippen LogP contribution in [0.5, 0.6) is 0 Å². The van der Waals surface area contributed by atoms with Gasteiger partial charge in [0.1, 0.15) is 22.7 Å². The van der Waals surface area contributed by atoms with Crippen molar-refractivity contribution in [2.75, 3.05) is 0 Å². The zero-order chi connectivity index (χ0) is 11.1. The number of furan rings is 1. The molecule has 1 saturated heterocycles. The quantitative estimate of drug-likeness (QED) is 0.701. The van der Waals surface area contributed by atoms with E-state index in [0.29, 0.717) is 0 Å². The smallest absolute Gasteiger partial charge is 0.151 e. The van der Waals surface area contributed by atoms with Crippen LogP contribution in [0.1, 0.15) is 38.2 Å². The molecule has 0 saturated carbocycles. The Bertz CT molecular complexity index is 382. The van der Waals surface area contributed by atoms with Crippen molar-refractivity contribution in [3.8, 4) is 0 Å². The van der Waals surface area contributed by atoms with Gasteiger partial charge in [0.25, 0.3) is 0 Å². The van der Waals surface area contributed by atoms with Gasteiger partial charge < -0.3 is 13.9 Å². The average molecular weight is 208 g/mol. The molecule has 0 bridgehead atoms. The zero-order valence-electron chi connectivity index (χ0n) is 9.37. The van der Waals surface area contributed by atoms with Gasteiger partial charge in [-0.25, -0.2) is 0 Å². The minimum absolute atomic E-state index is 0.454. The number of carbonyl (C=O) groups excluding carboxylic acids is 1. The molecule has 0 N–H and O–H groups in total. The van der Waals surface area contributed by atoms with Crippen molar-refractivity contribution < 1.29 is 13.9 Å². The SMILES string of the molecule is Cc1ccc(C2(C)CCC(C)(C=O)O2)o1. The van der Waals surface area contributed by atoms with Crippen LogP contribution >= 0.6 is 0 Å². The van der Waals surface area contributed by atoms with E-state index in [1.165, 1.54) is 0 Å². The molecular formula is C12H16O3. The second-order valence-electron chi connectivity index (χ2n) is 4.67. The minimum Gasteiger partial charge on any atom is -0.463 e. The lowest BCUT2D eigenvalue weighted by atomic mass is 9.97. The fourth-order valence-electron chi connectivity index (χ4n) is 2.08. The molecule has 82 valence electrons. The number of aldehydes is 1. The van der Waals surface area contributed by atoms with Gasteiger partial charge in [-0.1, -0.05) is 0 Å². The lowest BCUT2D eigenvalue weighted by molar-refractivity contribution is -0.139. The van der Waals surface area contributed by atoms with Crippen molar-refractivity contribution >= 4 is 6.29 Å². The van der Waals surface area contributed by atoms with E-state index in [2.05, 4.69) is 0 Å². The summed E-state index contributed by atoms with van der Waals surface area (Å²) in [6, 6.07) is 3.84. The predicted octanol–water partition coefficient (Wildman–Crippen LogP) is 2.57. The molecule has 3 nitrogen and oxygen atoms in total. The summed E-state index contributed by atoms with van der Waals surface area (Å²) in [5, 5.41) is 0. The minimum atomic E-state index is -0.657. The Balaban J connectivity index is 2.27. The molecule has 0 radical (unpaired) electrons. The molecule has 1 aliphatic heterocycles. The highest BCUT2D eigenvalue weighted by Gasteiger charge is 2.46. The summed E-state index contributed by atoms with van der Waals surface area (Å²) in [6.45, 7) is 5.70. The van der Waals surface area contributed by atoms with Crippen LogP contribution in [0.15, 0.2) is 16.5 Å². The van der Waals surface area contributed by atoms with Gasteiger partial charge in [-0.15, -0.1) is 0 Å². The standard InChI is InChI=1S/C12H16O3/c1-9-4-5-10(14-9)12(3)7-6-11(2,8-13)15-12/h4-5,8H,6-7H2,1-3H3. The van der Waals surface area contributed by atoms with Crippen LogP contribution in [0.2, 0.25) is 0 Å². The summed E-state index contributed by atoms with van der Waals surface area (Å²) < 4.78 is 11.4. The molecule has 0 aliphatic carbocycles. The first-order valence-corrected chi connectivity index (χ1v) is 5.21. The van der Waals surface area contributed by atoms with Crippen molar-refractivity contribution in [3.05, 3.63) is 23.7 Å². The molecule has 0 amide bonds. The van der Waals surface area contributed by atoms with Gasteiger partial charge in [0, 0.05) is 0 Å². The van der Waals surface area contributed by atoms with Crippen LogP contribution in [0.25, 0.3) is 0 Å². The Kier molecular flexibility index (Phi) is 2.23. The number of carbonyl (C=O) groups is 1. The van der Waals surface area contributed by atoms with Gasteiger partial charge in [0.15, 0.2) is 6.29 Å². The Morgan fingerprint density at radius 1 is 1.33 bits per heavy atom. The second kappa shape index (κ2) is 3.20. The van der Waals surface area contributed by atoms with E-state index in [1.807, 2.05) is 32.9 Å². The van der Waals surface area contributed by atoms with Crippen LogP contribution in [0, 0.1) is 6.92 Å². The Hall–Kier alpha value is -1.09. The van der Waals surface area contributed by atoms with Crippen LogP contribution in [-0.4, -0.2) is 11.9 Å². The first-order valence-electron chi connectivity index (χ1n) is 5.21. The van der Waals surface area contributed by atoms with Gasteiger partial charge >= 0.3 is 0 Å². The van der Waals surface area contributed by atoms with Gasteiger partial charge in [-0.2, -0.15) is 0 Å². The fourth-order valence-corrected chi connectivity index (χ4v) is 2.08. The van der Waals surface area contributed by atoms with Crippen molar-refractivity contribution in [3.63, 3.8) is 0 Å². The second-order valence-corrected chi connectivity index (χ2v) is 4.67. The summed E-state index contributed by atoms with van der Waals surface area (Å²) >= 11 is 0.